The summed E-state index contributed by atoms with van der Waals surface area (Å²) in [6.45, 7) is 5.39. The van der Waals surface area contributed by atoms with Gasteiger partial charge in [0.05, 0.1) is 20.0 Å². The van der Waals surface area contributed by atoms with Crippen molar-refractivity contribution in [3.8, 4) is 22.9 Å². The second-order valence-corrected chi connectivity index (χ2v) is 8.28. The average Bonchev–Trinajstić information content (AvgIpc) is 3.18. The molecule has 0 fully saturated rings. The van der Waals surface area contributed by atoms with E-state index in [0.29, 0.717) is 35.6 Å². The van der Waals surface area contributed by atoms with Gasteiger partial charge in [0.25, 0.3) is 0 Å². The molecule has 0 radical (unpaired) electrons. The van der Waals surface area contributed by atoms with Crippen molar-refractivity contribution in [2.45, 2.75) is 32.0 Å². The van der Waals surface area contributed by atoms with Gasteiger partial charge in [0, 0.05) is 18.7 Å². The van der Waals surface area contributed by atoms with Crippen LogP contribution >= 0.6 is 11.8 Å². The first-order chi connectivity index (χ1) is 15.5. The first kappa shape index (κ1) is 23.5. The van der Waals surface area contributed by atoms with E-state index in [1.807, 2.05) is 11.0 Å². The Hall–Kier alpha value is -3.20. The lowest BCUT2D eigenvalue weighted by Gasteiger charge is -2.22. The number of carbonyl (C=O) groups excluding carboxylic acids is 1. The fraction of sp³-hybridized carbons (Fsp3) is 0.348. The van der Waals surface area contributed by atoms with Crippen LogP contribution in [-0.4, -0.2) is 52.2 Å². The Morgan fingerprint density at radius 3 is 2.47 bits per heavy atom. The molecule has 1 heterocycles. The van der Waals surface area contributed by atoms with Crippen LogP contribution in [0.2, 0.25) is 0 Å². The number of thioether (sulfide) groups is 1. The molecule has 3 aromatic rings. The summed E-state index contributed by atoms with van der Waals surface area (Å²) in [5, 5.41) is 8.83. The van der Waals surface area contributed by atoms with Gasteiger partial charge >= 0.3 is 0 Å². The number of benzene rings is 2. The number of hydrogen-bond acceptors (Lipinski definition) is 7. The van der Waals surface area contributed by atoms with Crippen molar-refractivity contribution < 1.29 is 14.3 Å². The van der Waals surface area contributed by atoms with Crippen molar-refractivity contribution in [2.75, 3.05) is 32.4 Å². The van der Waals surface area contributed by atoms with E-state index >= 15 is 0 Å². The van der Waals surface area contributed by atoms with Gasteiger partial charge in [0.2, 0.25) is 11.1 Å². The van der Waals surface area contributed by atoms with E-state index in [0.717, 1.165) is 17.5 Å². The van der Waals surface area contributed by atoms with Gasteiger partial charge in [-0.2, -0.15) is 0 Å². The Morgan fingerprint density at radius 2 is 1.81 bits per heavy atom. The lowest BCUT2D eigenvalue weighted by Crippen LogP contribution is -2.32. The van der Waals surface area contributed by atoms with Gasteiger partial charge in [0.15, 0.2) is 17.3 Å². The lowest BCUT2D eigenvalue weighted by atomic mass is 10.1. The summed E-state index contributed by atoms with van der Waals surface area (Å²) in [4.78, 5) is 14.8. The Labute approximate surface area is 192 Å². The number of ether oxygens (including phenoxy) is 2. The molecule has 0 unspecified atom stereocenters. The number of hydrogen-bond donors (Lipinski definition) is 1. The highest BCUT2D eigenvalue weighted by atomic mass is 32.2. The van der Waals surface area contributed by atoms with Crippen molar-refractivity contribution in [3.05, 3.63) is 53.6 Å². The predicted octanol–water partition coefficient (Wildman–Crippen LogP) is 3.52. The van der Waals surface area contributed by atoms with Crippen LogP contribution in [0.1, 0.15) is 24.5 Å². The predicted molar refractivity (Wildman–Crippen MR) is 126 cm³/mol. The molecule has 170 valence electrons. The molecular weight excluding hydrogens is 426 g/mol. The fourth-order valence-electron chi connectivity index (χ4n) is 3.24. The SMILES string of the molecule is CCCN(Cc1ccc(C)cc1)C(=O)CSc1nnc(-c2ccc(OC)c(OC)c2)n1N. The second-order valence-electron chi connectivity index (χ2n) is 7.34. The van der Waals surface area contributed by atoms with E-state index in [1.165, 1.54) is 22.0 Å². The number of methoxy groups -OCH3 is 2. The minimum atomic E-state index is 0.0353. The number of nitrogens with zero attached hydrogens (tertiary/aromatic N) is 4. The second kappa shape index (κ2) is 10.9. The van der Waals surface area contributed by atoms with Crippen LogP contribution < -0.4 is 15.3 Å². The Kier molecular flexibility index (Phi) is 7.99. The highest BCUT2D eigenvalue weighted by Gasteiger charge is 2.18. The summed E-state index contributed by atoms with van der Waals surface area (Å²) in [6.07, 6.45) is 0.888. The molecule has 1 amide bonds. The maximum absolute atomic E-state index is 12.9. The first-order valence-electron chi connectivity index (χ1n) is 10.4. The topological polar surface area (TPSA) is 95.5 Å². The van der Waals surface area contributed by atoms with Gasteiger partial charge in [-0.3, -0.25) is 4.79 Å². The monoisotopic (exact) mass is 455 g/mol. The van der Waals surface area contributed by atoms with Crippen molar-refractivity contribution in [3.63, 3.8) is 0 Å². The molecule has 9 heteroatoms. The molecule has 3 rings (SSSR count). The molecule has 0 aliphatic heterocycles. The highest BCUT2D eigenvalue weighted by molar-refractivity contribution is 7.99. The van der Waals surface area contributed by atoms with E-state index in [-0.39, 0.29) is 11.7 Å². The summed E-state index contributed by atoms with van der Waals surface area (Å²) in [7, 11) is 3.15. The van der Waals surface area contributed by atoms with Gasteiger partial charge in [-0.15, -0.1) is 10.2 Å². The van der Waals surface area contributed by atoms with Crippen LogP contribution in [0, 0.1) is 6.92 Å². The largest absolute Gasteiger partial charge is 0.493 e. The highest BCUT2D eigenvalue weighted by Crippen LogP contribution is 2.32. The number of nitrogen functional groups attached to an aromatic ring is 1. The van der Waals surface area contributed by atoms with E-state index in [4.69, 9.17) is 15.3 Å². The Balaban J connectivity index is 1.69. The van der Waals surface area contributed by atoms with E-state index in [9.17, 15) is 4.79 Å². The number of aryl methyl sites for hydroxylation is 1. The average molecular weight is 456 g/mol. The lowest BCUT2D eigenvalue weighted by molar-refractivity contribution is -0.129. The molecule has 0 saturated carbocycles. The van der Waals surface area contributed by atoms with Crippen LogP contribution in [0.4, 0.5) is 0 Å². The van der Waals surface area contributed by atoms with Crippen molar-refractivity contribution >= 4 is 17.7 Å². The molecule has 1 aromatic heterocycles. The molecule has 32 heavy (non-hydrogen) atoms. The number of amides is 1. The summed E-state index contributed by atoms with van der Waals surface area (Å²) in [6, 6.07) is 13.6. The normalized spacial score (nSPS) is 10.8. The maximum atomic E-state index is 12.9. The molecule has 0 bridgehead atoms. The van der Waals surface area contributed by atoms with Crippen LogP contribution in [-0.2, 0) is 11.3 Å². The van der Waals surface area contributed by atoms with E-state index < -0.39 is 0 Å². The summed E-state index contributed by atoms with van der Waals surface area (Å²) < 4.78 is 12.0. The van der Waals surface area contributed by atoms with Gasteiger partial charge < -0.3 is 20.2 Å². The third-order valence-corrected chi connectivity index (χ3v) is 5.90. The maximum Gasteiger partial charge on any atom is 0.233 e. The third kappa shape index (κ3) is 5.53. The molecule has 0 saturated heterocycles. The van der Waals surface area contributed by atoms with E-state index in [1.54, 1.807) is 26.4 Å². The number of aromatic nitrogens is 3. The third-order valence-electron chi connectivity index (χ3n) is 4.97. The fourth-order valence-corrected chi connectivity index (χ4v) is 4.00. The summed E-state index contributed by atoms with van der Waals surface area (Å²) >= 11 is 1.27. The first-order valence-corrected chi connectivity index (χ1v) is 11.3. The van der Waals surface area contributed by atoms with Gasteiger partial charge in [-0.05, 0) is 37.1 Å². The van der Waals surface area contributed by atoms with Crippen LogP contribution in [0.25, 0.3) is 11.4 Å². The molecule has 8 nitrogen and oxygen atoms in total. The van der Waals surface area contributed by atoms with E-state index in [2.05, 4.69) is 48.3 Å². The van der Waals surface area contributed by atoms with Crippen LogP contribution in [0.15, 0.2) is 47.6 Å². The summed E-state index contributed by atoms with van der Waals surface area (Å²) in [5.41, 5.74) is 3.05. The smallest absolute Gasteiger partial charge is 0.233 e. The quantitative estimate of drug-likeness (QED) is 0.369. The van der Waals surface area contributed by atoms with Crippen molar-refractivity contribution in [1.82, 2.24) is 19.8 Å². The number of nitrogens with two attached hydrogens (primary N) is 1. The molecular formula is C23H29N5O3S. The molecule has 2 N–H and O–H groups in total. The molecule has 0 spiro atoms. The number of rotatable bonds is 10. The van der Waals surface area contributed by atoms with Crippen LogP contribution in [0.5, 0.6) is 11.5 Å². The Morgan fingerprint density at radius 1 is 1.09 bits per heavy atom. The van der Waals surface area contributed by atoms with Gasteiger partial charge in [-0.25, -0.2) is 4.68 Å². The molecule has 0 aliphatic rings. The van der Waals surface area contributed by atoms with Crippen LogP contribution in [0.3, 0.4) is 0 Å². The minimum absolute atomic E-state index is 0.0353. The Bertz CT molecular complexity index is 1050. The zero-order chi connectivity index (χ0) is 23.1. The summed E-state index contributed by atoms with van der Waals surface area (Å²) in [5.74, 6) is 8.16. The molecule has 2 aromatic carbocycles. The van der Waals surface area contributed by atoms with Crippen molar-refractivity contribution in [2.24, 2.45) is 0 Å². The molecule has 0 atom stereocenters. The minimum Gasteiger partial charge on any atom is -0.493 e. The standard InChI is InChI=1S/C23H29N5O3S/c1-5-12-27(14-17-8-6-16(2)7-9-17)21(29)15-32-23-26-25-22(28(23)24)18-10-11-19(30-3)20(13-18)31-4/h6-11,13H,5,12,14-15,24H2,1-4H3. The number of carbonyl (C=O) groups is 1. The zero-order valence-corrected chi connectivity index (χ0v) is 19.7. The van der Waals surface area contributed by atoms with Gasteiger partial charge in [0.1, 0.15) is 0 Å². The van der Waals surface area contributed by atoms with Crippen molar-refractivity contribution in [1.29, 1.82) is 0 Å². The molecule has 0 aliphatic carbocycles. The van der Waals surface area contributed by atoms with Gasteiger partial charge in [-0.1, -0.05) is 48.5 Å². The zero-order valence-electron chi connectivity index (χ0n) is 18.9.